The summed E-state index contributed by atoms with van der Waals surface area (Å²) >= 11 is 5.52. The first-order valence-corrected chi connectivity index (χ1v) is 9.63. The minimum Gasteiger partial charge on any atom is -0.358 e. The van der Waals surface area contributed by atoms with Crippen molar-refractivity contribution in [1.29, 1.82) is 0 Å². The maximum atomic E-state index is 3.64. The van der Waals surface area contributed by atoms with Crippen LogP contribution in [0.4, 0.5) is 0 Å². The number of H-pyrrole nitrogens is 1. The first-order valence-electron chi connectivity index (χ1n) is 8.02. The van der Waals surface area contributed by atoms with Gasteiger partial charge in [-0.15, -0.1) is 11.3 Å². The number of rotatable bonds is 3. The summed E-state index contributed by atoms with van der Waals surface area (Å²) in [6, 6.07) is 21.7. The van der Waals surface area contributed by atoms with Crippen LogP contribution in [-0.2, 0) is 0 Å². The van der Waals surface area contributed by atoms with Crippen LogP contribution in [0.1, 0.15) is 32.5 Å². The monoisotopic (exact) mass is 395 g/mol. The zero-order valence-corrected chi connectivity index (χ0v) is 16.0. The summed E-state index contributed by atoms with van der Waals surface area (Å²) in [6.45, 7) is 4.36. The van der Waals surface area contributed by atoms with E-state index >= 15 is 0 Å². The van der Waals surface area contributed by atoms with E-state index in [0.717, 1.165) is 4.47 Å². The Morgan fingerprint density at radius 3 is 2.54 bits per heavy atom. The third kappa shape index (κ3) is 2.72. The molecule has 1 nitrogen and oxygen atoms in total. The van der Waals surface area contributed by atoms with Gasteiger partial charge in [-0.3, -0.25) is 0 Å². The molecule has 120 valence electrons. The zero-order valence-electron chi connectivity index (χ0n) is 13.6. The number of hydrogen-bond donors (Lipinski definition) is 1. The van der Waals surface area contributed by atoms with Gasteiger partial charge >= 0.3 is 0 Å². The van der Waals surface area contributed by atoms with Crippen LogP contribution in [-0.4, -0.2) is 4.98 Å². The molecule has 4 aromatic rings. The van der Waals surface area contributed by atoms with Gasteiger partial charge in [0.2, 0.25) is 0 Å². The normalized spacial score (nSPS) is 12.6. The number of thiophene rings is 1. The SMILES string of the molecule is Cc1ccc(C(c2cccc(Br)c2)c2c(C)[nH]c3ccccc23)s1. The molecule has 2 aromatic carbocycles. The van der Waals surface area contributed by atoms with Crippen LogP contribution in [0.2, 0.25) is 0 Å². The molecule has 0 aliphatic heterocycles. The second kappa shape index (κ2) is 6.23. The molecular formula is C21H18BrNS. The molecule has 0 bridgehead atoms. The Hall–Kier alpha value is -1.84. The minimum atomic E-state index is 0.248. The summed E-state index contributed by atoms with van der Waals surface area (Å²) in [7, 11) is 0. The number of benzene rings is 2. The average Bonchev–Trinajstić information content (AvgIpc) is 3.12. The third-order valence-electron chi connectivity index (χ3n) is 4.46. The molecule has 2 heterocycles. The summed E-state index contributed by atoms with van der Waals surface area (Å²) in [5, 5.41) is 1.31. The molecule has 1 N–H and O–H groups in total. The van der Waals surface area contributed by atoms with Crippen LogP contribution in [0, 0.1) is 13.8 Å². The fourth-order valence-corrected chi connectivity index (χ4v) is 4.87. The molecule has 24 heavy (non-hydrogen) atoms. The highest BCUT2D eigenvalue weighted by Crippen LogP contribution is 2.41. The standard InChI is InChI=1S/C21H18BrNS/c1-13-10-11-19(24-13)21(15-6-5-7-16(22)12-15)20-14(2)23-18-9-4-3-8-17(18)20/h3-12,21,23H,1-2H3. The maximum Gasteiger partial charge on any atom is 0.0459 e. The van der Waals surface area contributed by atoms with E-state index in [0.29, 0.717) is 0 Å². The number of para-hydroxylation sites is 1. The first kappa shape index (κ1) is 15.7. The second-order valence-corrected chi connectivity index (χ2v) is 8.38. The van der Waals surface area contributed by atoms with Crippen LogP contribution in [0.3, 0.4) is 0 Å². The highest BCUT2D eigenvalue weighted by molar-refractivity contribution is 9.10. The van der Waals surface area contributed by atoms with Crippen molar-refractivity contribution in [2.24, 2.45) is 0 Å². The quantitative estimate of drug-likeness (QED) is 0.392. The second-order valence-electron chi connectivity index (χ2n) is 6.15. The van der Waals surface area contributed by atoms with Gasteiger partial charge in [-0.1, -0.05) is 46.3 Å². The van der Waals surface area contributed by atoms with Crippen LogP contribution in [0.25, 0.3) is 10.9 Å². The molecule has 0 aliphatic rings. The Morgan fingerprint density at radius 2 is 1.79 bits per heavy atom. The highest BCUT2D eigenvalue weighted by Gasteiger charge is 2.24. The Bertz CT molecular complexity index is 1010. The van der Waals surface area contributed by atoms with Gasteiger partial charge in [0, 0.05) is 36.7 Å². The van der Waals surface area contributed by atoms with Gasteiger partial charge in [-0.25, -0.2) is 0 Å². The number of halogens is 1. The summed E-state index contributed by atoms with van der Waals surface area (Å²) < 4.78 is 1.12. The van der Waals surface area contributed by atoms with Crippen LogP contribution < -0.4 is 0 Å². The van der Waals surface area contributed by atoms with Gasteiger partial charge in [-0.2, -0.15) is 0 Å². The molecule has 0 spiro atoms. The number of aryl methyl sites for hydroxylation is 2. The van der Waals surface area contributed by atoms with Crippen LogP contribution >= 0.6 is 27.3 Å². The molecule has 0 aliphatic carbocycles. The number of hydrogen-bond acceptors (Lipinski definition) is 1. The summed E-state index contributed by atoms with van der Waals surface area (Å²) in [5.41, 5.74) is 5.15. The molecule has 0 saturated heterocycles. The Morgan fingerprint density at radius 1 is 0.958 bits per heavy atom. The minimum absolute atomic E-state index is 0.248. The number of aromatic amines is 1. The van der Waals surface area contributed by atoms with Gasteiger partial charge in [0.1, 0.15) is 0 Å². The van der Waals surface area contributed by atoms with Crippen molar-refractivity contribution >= 4 is 38.2 Å². The fraction of sp³-hybridized carbons (Fsp3) is 0.143. The average molecular weight is 396 g/mol. The lowest BCUT2D eigenvalue weighted by molar-refractivity contribution is 0.993. The molecule has 1 atom stereocenters. The summed E-state index contributed by atoms with van der Waals surface area (Å²) in [6.07, 6.45) is 0. The van der Waals surface area contributed by atoms with Crippen molar-refractivity contribution in [1.82, 2.24) is 4.98 Å². The van der Waals surface area contributed by atoms with E-state index in [9.17, 15) is 0 Å². The molecule has 0 radical (unpaired) electrons. The largest absolute Gasteiger partial charge is 0.358 e. The Labute approximate surface area is 154 Å². The third-order valence-corrected chi connectivity index (χ3v) is 6.02. The van der Waals surface area contributed by atoms with Gasteiger partial charge in [0.05, 0.1) is 0 Å². The smallest absolute Gasteiger partial charge is 0.0459 e. The highest BCUT2D eigenvalue weighted by atomic mass is 79.9. The molecule has 2 aromatic heterocycles. The van der Waals surface area contributed by atoms with E-state index in [1.54, 1.807) is 0 Å². The van der Waals surface area contributed by atoms with E-state index in [4.69, 9.17) is 0 Å². The van der Waals surface area contributed by atoms with Crippen molar-refractivity contribution in [2.45, 2.75) is 19.8 Å². The number of fused-ring (bicyclic) bond motifs is 1. The topological polar surface area (TPSA) is 15.8 Å². The van der Waals surface area contributed by atoms with E-state index in [1.165, 1.54) is 37.5 Å². The van der Waals surface area contributed by atoms with Crippen LogP contribution in [0.5, 0.6) is 0 Å². The van der Waals surface area contributed by atoms with Gasteiger partial charge in [0.15, 0.2) is 0 Å². The lowest BCUT2D eigenvalue weighted by atomic mass is 9.88. The number of aromatic nitrogens is 1. The van der Waals surface area contributed by atoms with E-state index in [-0.39, 0.29) is 5.92 Å². The van der Waals surface area contributed by atoms with Crippen molar-refractivity contribution in [3.8, 4) is 0 Å². The molecule has 4 rings (SSSR count). The fourth-order valence-electron chi connectivity index (χ4n) is 3.44. The molecule has 0 fully saturated rings. The molecule has 3 heteroatoms. The van der Waals surface area contributed by atoms with Crippen molar-refractivity contribution in [3.05, 3.63) is 91.7 Å². The van der Waals surface area contributed by atoms with Gasteiger partial charge < -0.3 is 4.98 Å². The molecule has 1 unspecified atom stereocenters. The van der Waals surface area contributed by atoms with E-state index in [2.05, 4.69) is 95.4 Å². The van der Waals surface area contributed by atoms with Gasteiger partial charge in [-0.05, 0) is 55.3 Å². The number of nitrogens with one attached hydrogen (secondary N) is 1. The molecule has 0 saturated carbocycles. The van der Waals surface area contributed by atoms with E-state index in [1.807, 2.05) is 11.3 Å². The summed E-state index contributed by atoms with van der Waals surface area (Å²) in [4.78, 5) is 6.30. The van der Waals surface area contributed by atoms with Crippen molar-refractivity contribution in [3.63, 3.8) is 0 Å². The van der Waals surface area contributed by atoms with Gasteiger partial charge in [0.25, 0.3) is 0 Å². The van der Waals surface area contributed by atoms with Crippen molar-refractivity contribution < 1.29 is 0 Å². The summed E-state index contributed by atoms with van der Waals surface area (Å²) in [5.74, 6) is 0.248. The van der Waals surface area contributed by atoms with Crippen molar-refractivity contribution in [2.75, 3.05) is 0 Å². The lowest BCUT2D eigenvalue weighted by Gasteiger charge is -2.18. The Balaban J connectivity index is 2.00. The maximum absolute atomic E-state index is 3.64. The molecule has 0 amide bonds. The molecular weight excluding hydrogens is 378 g/mol. The zero-order chi connectivity index (χ0) is 16.7. The predicted molar refractivity (Wildman–Crippen MR) is 107 cm³/mol. The van der Waals surface area contributed by atoms with E-state index < -0.39 is 0 Å². The van der Waals surface area contributed by atoms with Crippen LogP contribution in [0.15, 0.2) is 65.1 Å². The Kier molecular flexibility index (Phi) is 4.07. The predicted octanol–water partition coefficient (Wildman–Crippen LogP) is 6.79. The first-order chi connectivity index (χ1) is 11.6. The lowest BCUT2D eigenvalue weighted by Crippen LogP contribution is -2.02.